The number of benzene rings is 1. The fourth-order valence-corrected chi connectivity index (χ4v) is 2.91. The lowest BCUT2D eigenvalue weighted by molar-refractivity contribution is -0.115. The number of hydrogen-bond acceptors (Lipinski definition) is 5. The van der Waals surface area contributed by atoms with Gasteiger partial charge in [0.05, 0.1) is 11.4 Å². The summed E-state index contributed by atoms with van der Waals surface area (Å²) in [5.74, 6) is -0.149. The van der Waals surface area contributed by atoms with Crippen molar-refractivity contribution < 1.29 is 13.2 Å². The third kappa shape index (κ3) is 4.74. The highest BCUT2D eigenvalue weighted by Crippen LogP contribution is 2.14. The Hall–Kier alpha value is -2.52. The fraction of sp³-hybridized carbons (Fsp3) is 0.267. The number of nitrogens with zero attached hydrogens (tertiary/aromatic N) is 2. The first-order chi connectivity index (χ1) is 11.4. The number of hydrogen-bond donors (Lipinski definition) is 2. The molecule has 0 aliphatic carbocycles. The Labute approximate surface area is 139 Å². The maximum Gasteiger partial charge on any atom is 0.266 e. The number of sulfonamides is 1. The number of carbonyl (C=O) groups excluding carboxylic acids is 1. The van der Waals surface area contributed by atoms with Gasteiger partial charge in [-0.15, -0.1) is 0 Å². The quantitative estimate of drug-likeness (QED) is 0.758. The number of carbonyl (C=O) groups is 1. The minimum absolute atomic E-state index is 0.0353. The molecule has 8 nitrogen and oxygen atoms in total. The summed E-state index contributed by atoms with van der Waals surface area (Å²) in [7, 11) is -3.70. The van der Waals surface area contributed by atoms with Crippen molar-refractivity contribution in [2.24, 2.45) is 0 Å². The van der Waals surface area contributed by atoms with Gasteiger partial charge in [-0.25, -0.2) is 17.8 Å². The Balaban J connectivity index is 1.98. The summed E-state index contributed by atoms with van der Waals surface area (Å²) in [6.45, 7) is 1.89. The van der Waals surface area contributed by atoms with Gasteiger partial charge in [-0.1, -0.05) is 6.92 Å². The first-order valence-electron chi connectivity index (χ1n) is 7.34. The van der Waals surface area contributed by atoms with Crippen molar-refractivity contribution in [3.8, 4) is 0 Å². The molecule has 0 saturated carbocycles. The van der Waals surface area contributed by atoms with Crippen molar-refractivity contribution in [1.29, 1.82) is 0 Å². The molecular formula is C15H18N4O4S. The summed E-state index contributed by atoms with van der Waals surface area (Å²) in [6.07, 6.45) is 1.80. The smallest absolute Gasteiger partial charge is 0.266 e. The Morgan fingerprint density at radius 1 is 1.21 bits per heavy atom. The first-order valence-corrected chi connectivity index (χ1v) is 8.82. The number of rotatable bonds is 7. The van der Waals surface area contributed by atoms with E-state index in [1.807, 2.05) is 0 Å². The van der Waals surface area contributed by atoms with E-state index >= 15 is 0 Å². The van der Waals surface area contributed by atoms with Gasteiger partial charge in [0.2, 0.25) is 15.9 Å². The van der Waals surface area contributed by atoms with Gasteiger partial charge in [0, 0.05) is 30.9 Å². The van der Waals surface area contributed by atoms with Crippen LogP contribution in [-0.2, 0) is 21.4 Å². The second kappa shape index (κ2) is 7.84. The molecule has 0 fully saturated rings. The molecule has 2 aromatic rings. The largest absolute Gasteiger partial charge is 0.326 e. The highest BCUT2D eigenvalue weighted by atomic mass is 32.2. The predicted molar refractivity (Wildman–Crippen MR) is 89.0 cm³/mol. The van der Waals surface area contributed by atoms with Crippen LogP contribution in [0.3, 0.4) is 0 Å². The van der Waals surface area contributed by atoms with Crippen molar-refractivity contribution >= 4 is 21.6 Å². The standard InChI is InChI=1S/C15H18N4O4S/c1-2-14(20)18-12-5-7-13(8-6-12)24(22,23)17-10-11-19-15(21)4-3-9-16-19/h3-9,17H,2,10-11H2,1H3,(H,18,20). The van der Waals surface area contributed by atoms with Crippen LogP contribution >= 0.6 is 0 Å². The Morgan fingerprint density at radius 2 is 1.92 bits per heavy atom. The van der Waals surface area contributed by atoms with Gasteiger partial charge in [0.15, 0.2) is 0 Å². The third-order valence-electron chi connectivity index (χ3n) is 3.17. The molecule has 0 saturated heterocycles. The molecule has 2 rings (SSSR count). The lowest BCUT2D eigenvalue weighted by Crippen LogP contribution is -2.31. The Bertz CT molecular complexity index is 860. The SMILES string of the molecule is CCC(=O)Nc1ccc(S(=O)(=O)NCCn2ncccc2=O)cc1. The van der Waals surface area contributed by atoms with E-state index in [0.29, 0.717) is 12.1 Å². The molecule has 24 heavy (non-hydrogen) atoms. The molecule has 128 valence electrons. The van der Waals surface area contributed by atoms with Crippen molar-refractivity contribution in [3.05, 3.63) is 52.9 Å². The lowest BCUT2D eigenvalue weighted by Gasteiger charge is -2.09. The molecule has 0 unspecified atom stereocenters. The van der Waals surface area contributed by atoms with Crippen molar-refractivity contribution in [1.82, 2.24) is 14.5 Å². The number of anilines is 1. The van der Waals surface area contributed by atoms with Gasteiger partial charge in [-0.3, -0.25) is 9.59 Å². The van der Waals surface area contributed by atoms with Gasteiger partial charge in [-0.05, 0) is 30.3 Å². The molecule has 0 atom stereocenters. The maximum absolute atomic E-state index is 12.2. The van der Waals surface area contributed by atoms with E-state index in [1.165, 1.54) is 47.3 Å². The summed E-state index contributed by atoms with van der Waals surface area (Å²) in [6, 6.07) is 8.71. The van der Waals surface area contributed by atoms with Crippen LogP contribution < -0.4 is 15.6 Å². The maximum atomic E-state index is 12.2. The van der Waals surface area contributed by atoms with Crippen LogP contribution in [0.2, 0.25) is 0 Å². The number of nitrogens with one attached hydrogen (secondary N) is 2. The lowest BCUT2D eigenvalue weighted by atomic mass is 10.3. The molecule has 1 aromatic carbocycles. The minimum atomic E-state index is -3.70. The summed E-state index contributed by atoms with van der Waals surface area (Å²) in [5.41, 5.74) is 0.230. The van der Waals surface area contributed by atoms with Crippen LogP contribution in [0.5, 0.6) is 0 Å². The average Bonchev–Trinajstić information content (AvgIpc) is 2.57. The average molecular weight is 350 g/mol. The molecule has 1 aromatic heterocycles. The second-order valence-corrected chi connectivity index (χ2v) is 6.68. The fourth-order valence-electron chi connectivity index (χ4n) is 1.89. The monoisotopic (exact) mass is 350 g/mol. The third-order valence-corrected chi connectivity index (χ3v) is 4.65. The van der Waals surface area contributed by atoms with E-state index < -0.39 is 10.0 Å². The molecule has 0 radical (unpaired) electrons. The minimum Gasteiger partial charge on any atom is -0.326 e. The molecule has 0 aliphatic heterocycles. The molecule has 0 spiro atoms. The Morgan fingerprint density at radius 3 is 2.54 bits per heavy atom. The van der Waals surface area contributed by atoms with Gasteiger partial charge in [0.25, 0.3) is 5.56 Å². The van der Waals surface area contributed by atoms with Gasteiger partial charge in [-0.2, -0.15) is 5.10 Å². The van der Waals surface area contributed by atoms with E-state index in [0.717, 1.165) is 0 Å². The summed E-state index contributed by atoms with van der Waals surface area (Å²) in [4.78, 5) is 22.8. The molecule has 1 heterocycles. The zero-order valence-corrected chi connectivity index (χ0v) is 13.9. The summed E-state index contributed by atoms with van der Waals surface area (Å²) < 4.78 is 28.0. The normalized spacial score (nSPS) is 11.2. The van der Waals surface area contributed by atoms with Gasteiger partial charge >= 0.3 is 0 Å². The van der Waals surface area contributed by atoms with Crippen LogP contribution in [0.1, 0.15) is 13.3 Å². The van der Waals surface area contributed by atoms with E-state index in [9.17, 15) is 18.0 Å². The van der Waals surface area contributed by atoms with Crippen molar-refractivity contribution in [3.63, 3.8) is 0 Å². The van der Waals surface area contributed by atoms with Crippen LogP contribution in [0.25, 0.3) is 0 Å². The van der Waals surface area contributed by atoms with Gasteiger partial charge in [0.1, 0.15) is 0 Å². The van der Waals surface area contributed by atoms with Crippen LogP contribution in [0.15, 0.2) is 52.3 Å². The molecule has 2 N–H and O–H groups in total. The van der Waals surface area contributed by atoms with Crippen molar-refractivity contribution in [2.45, 2.75) is 24.8 Å². The zero-order valence-electron chi connectivity index (χ0n) is 13.1. The van der Waals surface area contributed by atoms with E-state index in [2.05, 4.69) is 15.1 Å². The first kappa shape index (κ1) is 17.8. The van der Waals surface area contributed by atoms with E-state index in [1.54, 1.807) is 6.92 Å². The number of aromatic nitrogens is 2. The molecule has 0 aliphatic rings. The van der Waals surface area contributed by atoms with Crippen LogP contribution in [-0.4, -0.2) is 30.7 Å². The molecule has 0 bridgehead atoms. The predicted octanol–water partition coefficient (Wildman–Crippen LogP) is 0.570. The summed E-state index contributed by atoms with van der Waals surface area (Å²) >= 11 is 0. The van der Waals surface area contributed by atoms with Gasteiger partial charge < -0.3 is 5.32 Å². The second-order valence-electron chi connectivity index (χ2n) is 4.91. The van der Waals surface area contributed by atoms with Crippen molar-refractivity contribution in [2.75, 3.05) is 11.9 Å². The highest BCUT2D eigenvalue weighted by Gasteiger charge is 2.13. The topological polar surface area (TPSA) is 110 Å². The summed E-state index contributed by atoms with van der Waals surface area (Å²) in [5, 5.41) is 6.49. The zero-order chi connectivity index (χ0) is 17.6. The molecule has 1 amide bonds. The van der Waals surface area contributed by atoms with E-state index in [-0.39, 0.29) is 29.5 Å². The number of amides is 1. The highest BCUT2D eigenvalue weighted by molar-refractivity contribution is 7.89. The van der Waals surface area contributed by atoms with E-state index in [4.69, 9.17) is 0 Å². The Kier molecular flexibility index (Phi) is 5.83. The molecular weight excluding hydrogens is 332 g/mol. The van der Waals surface area contributed by atoms with Crippen LogP contribution in [0.4, 0.5) is 5.69 Å². The molecule has 9 heteroatoms. The van der Waals surface area contributed by atoms with Crippen LogP contribution in [0, 0.1) is 0 Å².